The standard InChI is InChI=1S/C14H18O3/c1-11(14-9-13(15)7-8-16-14)17-10-12-5-3-2-4-6-12/h2-8,11,13-15H,9-10H2,1H3/t11-,13+,14-/m0/s1. The molecule has 3 nitrogen and oxygen atoms in total. The number of ether oxygens (including phenoxy) is 2. The minimum atomic E-state index is -0.420. The van der Waals surface area contributed by atoms with Crippen LogP contribution in [0.2, 0.25) is 0 Å². The number of hydrogen-bond donors (Lipinski definition) is 1. The van der Waals surface area contributed by atoms with E-state index in [1.54, 1.807) is 12.3 Å². The topological polar surface area (TPSA) is 38.7 Å². The molecule has 2 rings (SSSR count). The first-order valence-electron chi connectivity index (χ1n) is 5.91. The molecule has 0 radical (unpaired) electrons. The molecule has 1 heterocycles. The Hall–Kier alpha value is -1.32. The van der Waals surface area contributed by atoms with Crippen molar-refractivity contribution >= 4 is 0 Å². The monoisotopic (exact) mass is 234 g/mol. The van der Waals surface area contributed by atoms with Crippen molar-refractivity contribution in [3.63, 3.8) is 0 Å². The number of hydrogen-bond acceptors (Lipinski definition) is 3. The first kappa shape index (κ1) is 12.1. The molecular weight excluding hydrogens is 216 g/mol. The van der Waals surface area contributed by atoms with Gasteiger partial charge in [0.05, 0.1) is 25.1 Å². The molecule has 0 saturated heterocycles. The second-order valence-electron chi connectivity index (χ2n) is 4.31. The van der Waals surface area contributed by atoms with Gasteiger partial charge in [-0.2, -0.15) is 0 Å². The van der Waals surface area contributed by atoms with Gasteiger partial charge < -0.3 is 14.6 Å². The van der Waals surface area contributed by atoms with Gasteiger partial charge in [-0.15, -0.1) is 0 Å². The smallest absolute Gasteiger partial charge is 0.126 e. The highest BCUT2D eigenvalue weighted by atomic mass is 16.5. The average Bonchev–Trinajstić information content (AvgIpc) is 2.37. The Balaban J connectivity index is 1.81. The quantitative estimate of drug-likeness (QED) is 0.868. The van der Waals surface area contributed by atoms with E-state index in [1.807, 2.05) is 37.3 Å². The molecule has 0 fully saturated rings. The first-order chi connectivity index (χ1) is 8.25. The van der Waals surface area contributed by atoms with E-state index in [0.717, 1.165) is 5.56 Å². The van der Waals surface area contributed by atoms with Crippen LogP contribution in [0.15, 0.2) is 42.7 Å². The summed E-state index contributed by atoms with van der Waals surface area (Å²) in [5.74, 6) is 0. The number of aliphatic hydroxyl groups is 1. The van der Waals surface area contributed by atoms with Crippen LogP contribution in [0, 0.1) is 0 Å². The van der Waals surface area contributed by atoms with Gasteiger partial charge in [-0.3, -0.25) is 0 Å². The van der Waals surface area contributed by atoms with Crippen LogP contribution >= 0.6 is 0 Å². The minimum Gasteiger partial charge on any atom is -0.495 e. The van der Waals surface area contributed by atoms with Crippen LogP contribution < -0.4 is 0 Å². The van der Waals surface area contributed by atoms with Crippen LogP contribution in [-0.2, 0) is 16.1 Å². The molecule has 3 atom stereocenters. The summed E-state index contributed by atoms with van der Waals surface area (Å²) < 4.78 is 11.2. The van der Waals surface area contributed by atoms with E-state index in [-0.39, 0.29) is 12.2 Å². The fourth-order valence-corrected chi connectivity index (χ4v) is 1.82. The molecule has 17 heavy (non-hydrogen) atoms. The molecule has 0 unspecified atom stereocenters. The summed E-state index contributed by atoms with van der Waals surface area (Å²) in [4.78, 5) is 0. The number of rotatable bonds is 4. The highest BCUT2D eigenvalue weighted by Crippen LogP contribution is 2.17. The van der Waals surface area contributed by atoms with Crippen LogP contribution in [0.3, 0.4) is 0 Å². The fourth-order valence-electron chi connectivity index (χ4n) is 1.82. The molecule has 0 saturated carbocycles. The van der Waals surface area contributed by atoms with Crippen LogP contribution in [0.4, 0.5) is 0 Å². The second kappa shape index (κ2) is 5.84. The van der Waals surface area contributed by atoms with E-state index in [4.69, 9.17) is 9.47 Å². The Morgan fingerprint density at radius 2 is 2.18 bits per heavy atom. The molecule has 0 amide bonds. The number of aliphatic hydroxyl groups excluding tert-OH is 1. The Morgan fingerprint density at radius 3 is 2.88 bits per heavy atom. The van der Waals surface area contributed by atoms with Crippen molar-refractivity contribution in [2.45, 2.75) is 38.3 Å². The van der Waals surface area contributed by atoms with Crippen molar-refractivity contribution in [2.24, 2.45) is 0 Å². The molecule has 1 aliphatic rings. The zero-order valence-corrected chi connectivity index (χ0v) is 9.95. The third-order valence-corrected chi connectivity index (χ3v) is 2.91. The summed E-state index contributed by atoms with van der Waals surface area (Å²) in [5.41, 5.74) is 1.14. The van der Waals surface area contributed by atoms with Crippen molar-refractivity contribution in [2.75, 3.05) is 0 Å². The Labute approximate surface area is 102 Å². The van der Waals surface area contributed by atoms with Crippen molar-refractivity contribution in [3.8, 4) is 0 Å². The van der Waals surface area contributed by atoms with Gasteiger partial charge in [0.15, 0.2) is 0 Å². The molecule has 3 heteroatoms. The molecule has 0 spiro atoms. The molecule has 1 aromatic rings. The van der Waals surface area contributed by atoms with Gasteiger partial charge >= 0.3 is 0 Å². The van der Waals surface area contributed by atoms with E-state index in [1.165, 1.54) is 0 Å². The van der Waals surface area contributed by atoms with Gasteiger partial charge in [0, 0.05) is 6.42 Å². The van der Waals surface area contributed by atoms with E-state index in [9.17, 15) is 5.11 Å². The summed E-state index contributed by atoms with van der Waals surface area (Å²) in [6.45, 7) is 2.54. The maximum absolute atomic E-state index is 9.49. The third kappa shape index (κ3) is 3.58. The highest BCUT2D eigenvalue weighted by Gasteiger charge is 2.23. The Morgan fingerprint density at radius 1 is 1.41 bits per heavy atom. The van der Waals surface area contributed by atoms with E-state index < -0.39 is 6.10 Å². The number of benzene rings is 1. The van der Waals surface area contributed by atoms with Crippen molar-refractivity contribution < 1.29 is 14.6 Å². The van der Waals surface area contributed by atoms with Crippen molar-refractivity contribution in [1.82, 2.24) is 0 Å². The van der Waals surface area contributed by atoms with E-state index in [0.29, 0.717) is 13.0 Å². The predicted octanol–water partition coefficient (Wildman–Crippen LogP) is 2.26. The average molecular weight is 234 g/mol. The lowest BCUT2D eigenvalue weighted by atomic mass is 10.1. The summed E-state index contributed by atoms with van der Waals surface area (Å²) >= 11 is 0. The fraction of sp³-hybridized carbons (Fsp3) is 0.429. The zero-order chi connectivity index (χ0) is 12.1. The molecule has 0 bridgehead atoms. The molecule has 1 N–H and O–H groups in total. The van der Waals surface area contributed by atoms with Gasteiger partial charge in [-0.25, -0.2) is 0 Å². The first-order valence-corrected chi connectivity index (χ1v) is 5.91. The van der Waals surface area contributed by atoms with Crippen LogP contribution in [0.1, 0.15) is 18.9 Å². The molecule has 0 aliphatic carbocycles. The predicted molar refractivity (Wildman–Crippen MR) is 65.3 cm³/mol. The molecule has 1 aromatic carbocycles. The lowest BCUT2D eigenvalue weighted by molar-refractivity contribution is -0.0620. The maximum atomic E-state index is 9.49. The normalized spacial score (nSPS) is 25.3. The molecule has 92 valence electrons. The zero-order valence-electron chi connectivity index (χ0n) is 9.95. The van der Waals surface area contributed by atoms with Gasteiger partial charge in [-0.1, -0.05) is 30.3 Å². The highest BCUT2D eigenvalue weighted by molar-refractivity contribution is 5.13. The van der Waals surface area contributed by atoms with Crippen LogP contribution in [-0.4, -0.2) is 23.4 Å². The van der Waals surface area contributed by atoms with Crippen molar-refractivity contribution in [3.05, 3.63) is 48.2 Å². The summed E-state index contributed by atoms with van der Waals surface area (Å²) in [5, 5.41) is 9.49. The molecule has 1 aliphatic heterocycles. The summed E-state index contributed by atoms with van der Waals surface area (Å²) in [6, 6.07) is 10.0. The lowest BCUT2D eigenvalue weighted by Gasteiger charge is -2.27. The van der Waals surface area contributed by atoms with Gasteiger partial charge in [0.25, 0.3) is 0 Å². The molecular formula is C14H18O3. The van der Waals surface area contributed by atoms with Gasteiger partial charge in [-0.05, 0) is 18.6 Å². The third-order valence-electron chi connectivity index (χ3n) is 2.91. The summed E-state index contributed by atoms with van der Waals surface area (Å²) in [7, 11) is 0. The Kier molecular flexibility index (Phi) is 4.18. The van der Waals surface area contributed by atoms with Crippen LogP contribution in [0.5, 0.6) is 0 Å². The summed E-state index contributed by atoms with van der Waals surface area (Å²) in [6.07, 6.45) is 3.28. The minimum absolute atomic E-state index is 0.0326. The van der Waals surface area contributed by atoms with Gasteiger partial charge in [0.2, 0.25) is 0 Å². The largest absolute Gasteiger partial charge is 0.495 e. The second-order valence-corrected chi connectivity index (χ2v) is 4.31. The van der Waals surface area contributed by atoms with Crippen molar-refractivity contribution in [1.29, 1.82) is 0 Å². The SMILES string of the molecule is C[C@H](OCc1ccccc1)[C@@H]1C[C@H](O)C=CO1. The Bertz CT molecular complexity index is 361. The maximum Gasteiger partial charge on any atom is 0.126 e. The van der Waals surface area contributed by atoms with Crippen LogP contribution in [0.25, 0.3) is 0 Å². The lowest BCUT2D eigenvalue weighted by Crippen LogP contribution is -2.33. The van der Waals surface area contributed by atoms with E-state index >= 15 is 0 Å². The van der Waals surface area contributed by atoms with Gasteiger partial charge in [0.1, 0.15) is 6.10 Å². The molecule has 0 aromatic heterocycles. The van der Waals surface area contributed by atoms with E-state index in [2.05, 4.69) is 0 Å².